The van der Waals surface area contributed by atoms with Crippen LogP contribution in [-0.4, -0.2) is 19.5 Å². The van der Waals surface area contributed by atoms with Crippen LogP contribution in [0, 0.1) is 0 Å². The van der Waals surface area contributed by atoms with Crippen molar-refractivity contribution in [2.45, 2.75) is 0 Å². The van der Waals surface area contributed by atoms with Crippen molar-refractivity contribution in [3.63, 3.8) is 0 Å². The average molecular weight is 731 g/mol. The van der Waals surface area contributed by atoms with E-state index in [1.54, 1.807) is 0 Å². The molecule has 0 bridgehead atoms. The molecule has 12 aromatic rings. The molecule has 266 valence electrons. The molecular formula is C51H30N4O2. The summed E-state index contributed by atoms with van der Waals surface area (Å²) < 4.78 is 15.2. The van der Waals surface area contributed by atoms with Crippen LogP contribution in [0.5, 0.6) is 0 Å². The van der Waals surface area contributed by atoms with Gasteiger partial charge >= 0.3 is 0 Å². The molecule has 8 aromatic carbocycles. The van der Waals surface area contributed by atoms with Gasteiger partial charge in [-0.15, -0.1) is 0 Å². The van der Waals surface area contributed by atoms with Gasteiger partial charge in [0.1, 0.15) is 22.3 Å². The number of hydrogen-bond donors (Lipinski definition) is 0. The molecule has 0 unspecified atom stereocenters. The molecule has 0 saturated carbocycles. The van der Waals surface area contributed by atoms with Crippen molar-refractivity contribution in [1.82, 2.24) is 19.5 Å². The predicted molar refractivity (Wildman–Crippen MR) is 230 cm³/mol. The second-order valence-corrected chi connectivity index (χ2v) is 14.4. The maximum atomic E-state index is 6.44. The lowest BCUT2D eigenvalue weighted by Gasteiger charge is -2.09. The van der Waals surface area contributed by atoms with Crippen LogP contribution in [0.3, 0.4) is 0 Å². The standard InChI is InChI=1S/C51H30N4O2/c1-3-12-31(13-4-1)49-52-50(32-14-5-2-6-15-32)54-51(53-49)34-23-26-46-41(29-34)42-30-35(24-27-47(42)56-46)55-43-20-9-7-16-37(43)40-28-33(22-25-44(40)55)36-18-11-19-39-38-17-8-10-21-45(38)57-48(36)39/h1-30H. The van der Waals surface area contributed by atoms with E-state index < -0.39 is 0 Å². The van der Waals surface area contributed by atoms with E-state index in [1.165, 1.54) is 10.8 Å². The van der Waals surface area contributed by atoms with E-state index in [0.717, 1.165) is 88.4 Å². The minimum absolute atomic E-state index is 0.603. The van der Waals surface area contributed by atoms with E-state index in [4.69, 9.17) is 23.8 Å². The van der Waals surface area contributed by atoms with Crippen molar-refractivity contribution in [1.29, 1.82) is 0 Å². The van der Waals surface area contributed by atoms with E-state index in [1.807, 2.05) is 84.9 Å². The first-order valence-corrected chi connectivity index (χ1v) is 19.0. The summed E-state index contributed by atoms with van der Waals surface area (Å²) >= 11 is 0. The van der Waals surface area contributed by atoms with Crippen molar-refractivity contribution in [3.8, 4) is 51.0 Å². The monoisotopic (exact) mass is 730 g/mol. The van der Waals surface area contributed by atoms with Gasteiger partial charge in [0.05, 0.1) is 11.0 Å². The van der Waals surface area contributed by atoms with Crippen LogP contribution in [0.4, 0.5) is 0 Å². The molecule has 0 spiro atoms. The van der Waals surface area contributed by atoms with Crippen molar-refractivity contribution in [2.75, 3.05) is 0 Å². The third-order valence-corrected chi connectivity index (χ3v) is 11.1. The molecule has 0 radical (unpaired) electrons. The molecule has 4 heterocycles. The third kappa shape index (κ3) is 5.01. The molecule has 6 heteroatoms. The van der Waals surface area contributed by atoms with Gasteiger partial charge in [0.2, 0.25) is 0 Å². The van der Waals surface area contributed by atoms with Gasteiger partial charge in [-0.3, -0.25) is 0 Å². The molecular weight excluding hydrogens is 701 g/mol. The van der Waals surface area contributed by atoms with E-state index >= 15 is 0 Å². The molecule has 0 N–H and O–H groups in total. The van der Waals surface area contributed by atoms with Crippen molar-refractivity contribution in [2.24, 2.45) is 0 Å². The van der Waals surface area contributed by atoms with E-state index in [-0.39, 0.29) is 0 Å². The highest BCUT2D eigenvalue weighted by Crippen LogP contribution is 2.41. The lowest BCUT2D eigenvalue weighted by atomic mass is 10.0. The molecule has 0 aliphatic rings. The van der Waals surface area contributed by atoms with Gasteiger partial charge in [0.25, 0.3) is 0 Å². The summed E-state index contributed by atoms with van der Waals surface area (Å²) in [5.74, 6) is 1.86. The normalized spacial score (nSPS) is 11.9. The van der Waals surface area contributed by atoms with Crippen LogP contribution in [0.1, 0.15) is 0 Å². The van der Waals surface area contributed by atoms with E-state index in [0.29, 0.717) is 17.5 Å². The average Bonchev–Trinajstić information content (AvgIpc) is 3.95. The van der Waals surface area contributed by atoms with Gasteiger partial charge in [-0.25, -0.2) is 15.0 Å². The summed E-state index contributed by atoms with van der Waals surface area (Å²) in [6, 6.07) is 62.8. The minimum Gasteiger partial charge on any atom is -0.456 e. The fourth-order valence-corrected chi connectivity index (χ4v) is 8.37. The lowest BCUT2D eigenvalue weighted by molar-refractivity contribution is 0.669. The zero-order valence-corrected chi connectivity index (χ0v) is 30.4. The summed E-state index contributed by atoms with van der Waals surface area (Å²) in [5.41, 5.74) is 11.7. The first-order chi connectivity index (χ1) is 28.2. The molecule has 0 aliphatic carbocycles. The maximum Gasteiger partial charge on any atom is 0.164 e. The molecule has 6 nitrogen and oxygen atoms in total. The van der Waals surface area contributed by atoms with Gasteiger partial charge in [0, 0.05) is 60.3 Å². The number of hydrogen-bond acceptors (Lipinski definition) is 5. The summed E-state index contributed by atoms with van der Waals surface area (Å²) in [4.78, 5) is 14.9. The maximum absolute atomic E-state index is 6.44. The van der Waals surface area contributed by atoms with Crippen LogP contribution >= 0.6 is 0 Å². The fraction of sp³-hybridized carbons (Fsp3) is 0. The van der Waals surface area contributed by atoms with Gasteiger partial charge in [0.15, 0.2) is 17.5 Å². The minimum atomic E-state index is 0.603. The Morgan fingerprint density at radius 1 is 0.333 bits per heavy atom. The van der Waals surface area contributed by atoms with Crippen molar-refractivity contribution in [3.05, 3.63) is 182 Å². The molecule has 0 fully saturated rings. The van der Waals surface area contributed by atoms with Gasteiger partial charge in [-0.2, -0.15) is 0 Å². The van der Waals surface area contributed by atoms with Crippen LogP contribution in [-0.2, 0) is 0 Å². The first kappa shape index (κ1) is 31.5. The SMILES string of the molecule is c1ccc(-c2nc(-c3ccccc3)nc(-c3ccc4oc5ccc(-n6c7ccccc7c7cc(-c8cccc9c8oc8ccccc89)ccc76)cc5c4c3)n2)cc1. The molecule has 0 atom stereocenters. The topological polar surface area (TPSA) is 69.9 Å². The third-order valence-electron chi connectivity index (χ3n) is 11.1. The zero-order chi connectivity index (χ0) is 37.5. The highest BCUT2D eigenvalue weighted by molar-refractivity contribution is 6.14. The molecule has 4 aromatic heterocycles. The molecule has 0 aliphatic heterocycles. The summed E-state index contributed by atoms with van der Waals surface area (Å²) in [6.45, 7) is 0. The Hall–Kier alpha value is -7.83. The smallest absolute Gasteiger partial charge is 0.164 e. The largest absolute Gasteiger partial charge is 0.456 e. The highest BCUT2D eigenvalue weighted by atomic mass is 16.3. The Kier molecular flexibility index (Phi) is 6.83. The van der Waals surface area contributed by atoms with Crippen molar-refractivity contribution < 1.29 is 8.83 Å². The Morgan fingerprint density at radius 3 is 1.67 bits per heavy atom. The molecule has 0 saturated heterocycles. The molecule has 0 amide bonds. The number of fused-ring (bicyclic) bond motifs is 9. The zero-order valence-electron chi connectivity index (χ0n) is 30.4. The summed E-state index contributed by atoms with van der Waals surface area (Å²) in [7, 11) is 0. The van der Waals surface area contributed by atoms with E-state index in [2.05, 4.69) is 102 Å². The Morgan fingerprint density at radius 2 is 0.895 bits per heavy atom. The number of benzene rings is 8. The number of rotatable bonds is 5. The Bertz CT molecular complexity index is 3470. The van der Waals surface area contributed by atoms with Crippen LogP contribution in [0.15, 0.2) is 191 Å². The highest BCUT2D eigenvalue weighted by Gasteiger charge is 2.19. The Labute approximate surface area is 325 Å². The lowest BCUT2D eigenvalue weighted by Crippen LogP contribution is -2.00. The first-order valence-electron chi connectivity index (χ1n) is 19.0. The molecule has 57 heavy (non-hydrogen) atoms. The Balaban J connectivity index is 1.01. The van der Waals surface area contributed by atoms with Gasteiger partial charge in [-0.1, -0.05) is 121 Å². The van der Waals surface area contributed by atoms with Gasteiger partial charge < -0.3 is 13.4 Å². The number of aromatic nitrogens is 4. The second-order valence-electron chi connectivity index (χ2n) is 14.4. The van der Waals surface area contributed by atoms with Crippen LogP contribution in [0.25, 0.3) is 117 Å². The number of furan rings is 2. The second kappa shape index (κ2) is 12.3. The number of para-hydroxylation sites is 3. The van der Waals surface area contributed by atoms with Crippen LogP contribution in [0.2, 0.25) is 0 Å². The van der Waals surface area contributed by atoms with Crippen LogP contribution < -0.4 is 0 Å². The van der Waals surface area contributed by atoms with Gasteiger partial charge in [-0.05, 0) is 66.2 Å². The fourth-order valence-electron chi connectivity index (χ4n) is 8.37. The summed E-state index contributed by atoms with van der Waals surface area (Å²) in [5, 5.41) is 6.62. The molecule has 12 rings (SSSR count). The predicted octanol–water partition coefficient (Wildman–Crippen LogP) is 13.4. The van der Waals surface area contributed by atoms with E-state index in [9.17, 15) is 0 Å². The quantitative estimate of drug-likeness (QED) is 0.176. The number of nitrogens with zero attached hydrogens (tertiary/aromatic N) is 4. The summed E-state index contributed by atoms with van der Waals surface area (Å²) in [6.07, 6.45) is 0. The van der Waals surface area contributed by atoms with Crippen molar-refractivity contribution >= 4 is 65.7 Å².